The molecule has 2 rings (SSSR count). The maximum atomic E-state index is 5.69. The van der Waals surface area contributed by atoms with Crippen LogP contribution in [0.2, 0.25) is 0 Å². The zero-order valence-corrected chi connectivity index (χ0v) is 10.4. The predicted octanol–water partition coefficient (Wildman–Crippen LogP) is 1.50. The zero-order valence-electron chi connectivity index (χ0n) is 8.84. The van der Waals surface area contributed by atoms with Crippen molar-refractivity contribution < 1.29 is 0 Å². The van der Waals surface area contributed by atoms with Crippen molar-refractivity contribution in [2.75, 3.05) is 0 Å². The van der Waals surface area contributed by atoms with Crippen LogP contribution in [0.3, 0.4) is 0 Å². The zero-order chi connectivity index (χ0) is 11.5. The summed E-state index contributed by atoms with van der Waals surface area (Å²) in [5.74, 6) is 0.656. The van der Waals surface area contributed by atoms with E-state index < -0.39 is 0 Å². The van der Waals surface area contributed by atoms with Gasteiger partial charge in [0.05, 0.1) is 12.6 Å². The second-order valence-corrected chi connectivity index (χ2v) is 4.52. The third kappa shape index (κ3) is 2.65. The average molecular weight is 282 g/mol. The molecule has 0 bridgehead atoms. The summed E-state index contributed by atoms with van der Waals surface area (Å²) in [6.07, 6.45) is 5.23. The number of aromatic nitrogens is 4. The molecule has 2 heterocycles. The van der Waals surface area contributed by atoms with Gasteiger partial charge in [-0.3, -0.25) is 4.98 Å². The van der Waals surface area contributed by atoms with Gasteiger partial charge < -0.3 is 5.73 Å². The minimum atomic E-state index is -0.137. The Hall–Kier alpha value is -1.27. The Kier molecular flexibility index (Phi) is 3.31. The summed E-state index contributed by atoms with van der Waals surface area (Å²) in [6, 6.07) is 1.86. The predicted molar refractivity (Wildman–Crippen MR) is 63.7 cm³/mol. The number of pyridine rings is 1. The highest BCUT2D eigenvalue weighted by Gasteiger charge is 2.05. The number of hydrogen-bond acceptors (Lipinski definition) is 4. The standard InChI is InChI=1S/C10H12BrN5/c1-7(12)10-14-6-16(15-10)5-8-2-9(11)4-13-3-8/h2-4,6-7H,5,12H2,1H3. The summed E-state index contributed by atoms with van der Waals surface area (Å²) in [5, 5.41) is 4.27. The number of halogens is 1. The molecule has 84 valence electrons. The van der Waals surface area contributed by atoms with Gasteiger partial charge in [-0.05, 0) is 34.5 Å². The summed E-state index contributed by atoms with van der Waals surface area (Å²) >= 11 is 3.38. The molecule has 5 nitrogen and oxygen atoms in total. The molecule has 1 atom stereocenters. The lowest BCUT2D eigenvalue weighted by Gasteiger charge is -2.01. The molecule has 0 amide bonds. The summed E-state index contributed by atoms with van der Waals surface area (Å²) in [5.41, 5.74) is 6.75. The largest absolute Gasteiger partial charge is 0.321 e. The van der Waals surface area contributed by atoms with Crippen molar-refractivity contribution in [3.63, 3.8) is 0 Å². The van der Waals surface area contributed by atoms with Crippen LogP contribution in [0.5, 0.6) is 0 Å². The van der Waals surface area contributed by atoms with Crippen LogP contribution in [0.4, 0.5) is 0 Å². The van der Waals surface area contributed by atoms with Gasteiger partial charge in [0.25, 0.3) is 0 Å². The van der Waals surface area contributed by atoms with E-state index in [9.17, 15) is 0 Å². The van der Waals surface area contributed by atoms with Gasteiger partial charge in [0.1, 0.15) is 6.33 Å². The Morgan fingerprint density at radius 3 is 2.94 bits per heavy atom. The smallest absolute Gasteiger partial charge is 0.166 e. The molecule has 1 unspecified atom stereocenters. The molecule has 0 aliphatic carbocycles. The first-order chi connectivity index (χ1) is 7.65. The Bertz CT molecular complexity index is 480. The number of nitrogens with zero attached hydrogens (tertiary/aromatic N) is 4. The van der Waals surface area contributed by atoms with Crippen molar-refractivity contribution in [1.82, 2.24) is 19.7 Å². The van der Waals surface area contributed by atoms with Crippen LogP contribution in [0.25, 0.3) is 0 Å². The van der Waals surface area contributed by atoms with E-state index in [4.69, 9.17) is 5.73 Å². The summed E-state index contributed by atoms with van der Waals surface area (Å²) in [6.45, 7) is 2.51. The highest BCUT2D eigenvalue weighted by molar-refractivity contribution is 9.10. The van der Waals surface area contributed by atoms with Gasteiger partial charge in [0.15, 0.2) is 5.82 Å². The Labute approximate surface area is 102 Å². The maximum absolute atomic E-state index is 5.69. The van der Waals surface area contributed by atoms with Crippen LogP contribution < -0.4 is 5.73 Å². The van der Waals surface area contributed by atoms with Gasteiger partial charge in [0, 0.05) is 16.9 Å². The monoisotopic (exact) mass is 281 g/mol. The summed E-state index contributed by atoms with van der Waals surface area (Å²) in [7, 11) is 0. The average Bonchev–Trinajstić information content (AvgIpc) is 2.66. The lowest BCUT2D eigenvalue weighted by atomic mass is 10.3. The molecule has 0 radical (unpaired) electrons. The molecular weight excluding hydrogens is 270 g/mol. The quantitative estimate of drug-likeness (QED) is 0.926. The molecule has 0 spiro atoms. The lowest BCUT2D eigenvalue weighted by molar-refractivity contribution is 0.648. The van der Waals surface area contributed by atoms with Gasteiger partial charge in [-0.25, -0.2) is 9.67 Å². The van der Waals surface area contributed by atoms with Crippen LogP contribution >= 0.6 is 15.9 Å². The van der Waals surface area contributed by atoms with E-state index in [1.807, 2.05) is 13.0 Å². The van der Waals surface area contributed by atoms with E-state index in [0.717, 1.165) is 10.0 Å². The van der Waals surface area contributed by atoms with E-state index in [2.05, 4.69) is 31.0 Å². The van der Waals surface area contributed by atoms with Crippen LogP contribution in [0.1, 0.15) is 24.4 Å². The fraction of sp³-hybridized carbons (Fsp3) is 0.300. The molecular formula is C10H12BrN5. The summed E-state index contributed by atoms with van der Waals surface area (Å²) < 4.78 is 2.71. The van der Waals surface area contributed by atoms with Crippen molar-refractivity contribution in [3.05, 3.63) is 40.6 Å². The minimum absolute atomic E-state index is 0.137. The normalized spacial score (nSPS) is 12.7. The molecule has 2 N–H and O–H groups in total. The maximum Gasteiger partial charge on any atom is 0.166 e. The van der Waals surface area contributed by atoms with Crippen molar-refractivity contribution in [2.24, 2.45) is 5.73 Å². The molecule has 2 aromatic rings. The molecule has 0 aliphatic heterocycles. The first kappa shape index (κ1) is 11.2. The summed E-state index contributed by atoms with van der Waals surface area (Å²) in [4.78, 5) is 8.22. The van der Waals surface area contributed by atoms with Crippen LogP contribution in [0, 0.1) is 0 Å². The first-order valence-corrected chi connectivity index (χ1v) is 5.69. The fourth-order valence-electron chi connectivity index (χ4n) is 1.32. The molecule has 0 aliphatic rings. The molecule has 16 heavy (non-hydrogen) atoms. The van der Waals surface area contributed by atoms with Gasteiger partial charge in [-0.1, -0.05) is 0 Å². The van der Waals surface area contributed by atoms with Crippen LogP contribution in [0.15, 0.2) is 29.3 Å². The second-order valence-electron chi connectivity index (χ2n) is 3.60. The van der Waals surface area contributed by atoms with E-state index >= 15 is 0 Å². The molecule has 2 aromatic heterocycles. The second kappa shape index (κ2) is 4.71. The Morgan fingerprint density at radius 1 is 1.50 bits per heavy atom. The first-order valence-electron chi connectivity index (χ1n) is 4.89. The highest BCUT2D eigenvalue weighted by Crippen LogP contribution is 2.10. The number of hydrogen-bond donors (Lipinski definition) is 1. The minimum Gasteiger partial charge on any atom is -0.321 e. The number of nitrogens with two attached hydrogens (primary N) is 1. The number of rotatable bonds is 3. The third-order valence-electron chi connectivity index (χ3n) is 2.07. The van der Waals surface area contributed by atoms with E-state index in [1.54, 1.807) is 23.4 Å². The molecule has 0 aromatic carbocycles. The van der Waals surface area contributed by atoms with E-state index in [1.165, 1.54) is 0 Å². The van der Waals surface area contributed by atoms with Crippen molar-refractivity contribution in [3.8, 4) is 0 Å². The molecule has 0 fully saturated rings. The van der Waals surface area contributed by atoms with Crippen LogP contribution in [-0.2, 0) is 6.54 Å². The lowest BCUT2D eigenvalue weighted by Crippen LogP contribution is -2.08. The molecule has 0 saturated carbocycles. The SMILES string of the molecule is CC(N)c1ncn(Cc2cncc(Br)c2)n1. The van der Waals surface area contributed by atoms with E-state index in [-0.39, 0.29) is 6.04 Å². The van der Waals surface area contributed by atoms with Gasteiger partial charge in [-0.2, -0.15) is 5.10 Å². The Morgan fingerprint density at radius 2 is 2.31 bits per heavy atom. The van der Waals surface area contributed by atoms with Gasteiger partial charge in [0.2, 0.25) is 0 Å². The topological polar surface area (TPSA) is 69.6 Å². The highest BCUT2D eigenvalue weighted by atomic mass is 79.9. The van der Waals surface area contributed by atoms with Gasteiger partial charge in [-0.15, -0.1) is 0 Å². The Balaban J connectivity index is 2.14. The fourth-order valence-corrected chi connectivity index (χ4v) is 1.74. The van der Waals surface area contributed by atoms with Crippen molar-refractivity contribution in [2.45, 2.75) is 19.5 Å². The third-order valence-corrected chi connectivity index (χ3v) is 2.50. The van der Waals surface area contributed by atoms with Crippen molar-refractivity contribution >= 4 is 15.9 Å². The van der Waals surface area contributed by atoms with Crippen molar-refractivity contribution in [1.29, 1.82) is 0 Å². The molecule has 6 heteroatoms. The molecule has 0 saturated heterocycles. The van der Waals surface area contributed by atoms with E-state index in [0.29, 0.717) is 12.4 Å². The van der Waals surface area contributed by atoms with Crippen LogP contribution in [-0.4, -0.2) is 19.7 Å². The van der Waals surface area contributed by atoms with Gasteiger partial charge >= 0.3 is 0 Å².